The van der Waals surface area contributed by atoms with E-state index in [2.05, 4.69) is 17.6 Å². The van der Waals surface area contributed by atoms with Crippen molar-refractivity contribution in [2.75, 3.05) is 5.32 Å². The normalized spacial score (nSPS) is 12.8. The Bertz CT molecular complexity index is 710. The van der Waals surface area contributed by atoms with Gasteiger partial charge in [0.25, 0.3) is 0 Å². The van der Waals surface area contributed by atoms with Crippen LogP contribution in [0, 0.1) is 0 Å². The van der Waals surface area contributed by atoms with Crippen molar-refractivity contribution in [1.82, 2.24) is 5.32 Å². The maximum absolute atomic E-state index is 12.3. The van der Waals surface area contributed by atoms with Crippen LogP contribution in [-0.4, -0.2) is 15.9 Å². The monoisotopic (exact) mass is 414 g/mol. The molecule has 2 N–H and O–H groups in total. The predicted molar refractivity (Wildman–Crippen MR) is 113 cm³/mol. The molecule has 1 amide bonds. The summed E-state index contributed by atoms with van der Waals surface area (Å²) in [6.07, 6.45) is 5.01. The number of carbonyl (C=O) groups is 1. The van der Waals surface area contributed by atoms with Crippen LogP contribution in [0.5, 0.6) is 0 Å². The van der Waals surface area contributed by atoms with E-state index in [-0.39, 0.29) is 5.91 Å². The van der Waals surface area contributed by atoms with E-state index in [1.54, 1.807) is 0 Å². The summed E-state index contributed by atoms with van der Waals surface area (Å²) >= 11 is 18.3. The maximum Gasteiger partial charge on any atom is 0.228 e. The zero-order chi connectivity index (χ0) is 19.0. The first-order valence-corrected chi connectivity index (χ1v) is 10.2. The van der Waals surface area contributed by atoms with Gasteiger partial charge in [-0.3, -0.25) is 4.79 Å². The zero-order valence-electron chi connectivity index (χ0n) is 14.9. The molecule has 26 heavy (non-hydrogen) atoms. The smallest absolute Gasteiger partial charge is 0.228 e. The predicted octanol–water partition coefficient (Wildman–Crippen LogP) is 6.42. The first-order valence-electron chi connectivity index (χ1n) is 9.02. The molecule has 0 bridgehead atoms. The number of halogens is 3. The lowest BCUT2D eigenvalue weighted by Crippen LogP contribution is -2.49. The van der Waals surface area contributed by atoms with Gasteiger partial charge in [0, 0.05) is 17.5 Å². The summed E-state index contributed by atoms with van der Waals surface area (Å²) in [5.41, 5.74) is 0.808. The molecule has 0 aliphatic rings. The summed E-state index contributed by atoms with van der Waals surface area (Å²) < 4.78 is -1.67. The summed E-state index contributed by atoms with van der Waals surface area (Å²) in [6.45, 7) is 2.16. The Morgan fingerprint density at radius 3 is 2.42 bits per heavy atom. The van der Waals surface area contributed by atoms with E-state index in [4.69, 9.17) is 34.8 Å². The highest BCUT2D eigenvalue weighted by Gasteiger charge is 2.34. The number of anilines is 1. The summed E-state index contributed by atoms with van der Waals surface area (Å²) in [4.78, 5) is 12.3. The van der Waals surface area contributed by atoms with Gasteiger partial charge in [-0.2, -0.15) is 0 Å². The van der Waals surface area contributed by atoms with Crippen LogP contribution in [-0.2, 0) is 4.79 Å². The van der Waals surface area contributed by atoms with Gasteiger partial charge in [0.1, 0.15) is 6.17 Å². The van der Waals surface area contributed by atoms with Crippen LogP contribution in [0.1, 0.15) is 45.4 Å². The summed E-state index contributed by atoms with van der Waals surface area (Å²) in [5, 5.41) is 8.07. The average molecular weight is 416 g/mol. The number of hydrogen-bond acceptors (Lipinski definition) is 2. The number of rotatable bonds is 9. The van der Waals surface area contributed by atoms with E-state index in [0.717, 1.165) is 35.7 Å². The van der Waals surface area contributed by atoms with E-state index >= 15 is 0 Å². The van der Waals surface area contributed by atoms with Gasteiger partial charge in [0.05, 0.1) is 0 Å². The molecule has 0 saturated carbocycles. The van der Waals surface area contributed by atoms with Gasteiger partial charge in [-0.15, -0.1) is 0 Å². The van der Waals surface area contributed by atoms with Crippen LogP contribution in [0.3, 0.4) is 0 Å². The quantitative estimate of drug-likeness (QED) is 0.282. The van der Waals surface area contributed by atoms with Crippen molar-refractivity contribution in [3.63, 3.8) is 0 Å². The lowest BCUT2D eigenvalue weighted by molar-refractivity contribution is -0.121. The van der Waals surface area contributed by atoms with E-state index in [1.165, 1.54) is 12.8 Å². The lowest BCUT2D eigenvalue weighted by atomic mass is 10.1. The Kier molecular flexibility index (Phi) is 8.33. The summed E-state index contributed by atoms with van der Waals surface area (Å²) in [6, 6.07) is 13.8. The van der Waals surface area contributed by atoms with Crippen LogP contribution in [0.25, 0.3) is 10.8 Å². The lowest BCUT2D eigenvalue weighted by Gasteiger charge is -2.28. The molecule has 0 fully saturated rings. The molecular formula is C20H25Cl3N2O. The molecule has 0 spiro atoms. The van der Waals surface area contributed by atoms with Crippen molar-refractivity contribution in [1.29, 1.82) is 0 Å². The van der Waals surface area contributed by atoms with Crippen molar-refractivity contribution >= 4 is 57.2 Å². The van der Waals surface area contributed by atoms with Crippen molar-refractivity contribution in [3.05, 3.63) is 42.5 Å². The Labute approximate surface area is 170 Å². The molecule has 0 aromatic heterocycles. The van der Waals surface area contributed by atoms with E-state index in [1.807, 2.05) is 42.5 Å². The number of amides is 1. The SMILES string of the molecule is CCCCCCCC(=O)N[C@@H](Nc1cccc2ccccc12)C(Cl)(Cl)Cl. The van der Waals surface area contributed by atoms with Gasteiger partial charge >= 0.3 is 0 Å². The van der Waals surface area contributed by atoms with E-state index in [9.17, 15) is 4.79 Å². The van der Waals surface area contributed by atoms with Gasteiger partial charge in [-0.25, -0.2) is 0 Å². The van der Waals surface area contributed by atoms with Crippen LogP contribution in [0.15, 0.2) is 42.5 Å². The van der Waals surface area contributed by atoms with Crippen molar-refractivity contribution in [2.24, 2.45) is 0 Å². The van der Waals surface area contributed by atoms with Gasteiger partial charge in [-0.1, -0.05) is 104 Å². The summed E-state index contributed by atoms with van der Waals surface area (Å²) in [7, 11) is 0. The van der Waals surface area contributed by atoms with Crippen molar-refractivity contribution < 1.29 is 4.79 Å². The topological polar surface area (TPSA) is 41.1 Å². The molecule has 3 nitrogen and oxygen atoms in total. The molecule has 0 saturated heterocycles. The minimum Gasteiger partial charge on any atom is -0.361 e. The second kappa shape index (κ2) is 10.2. The Morgan fingerprint density at radius 2 is 1.69 bits per heavy atom. The fourth-order valence-corrected chi connectivity index (χ4v) is 3.16. The fraction of sp³-hybridized carbons (Fsp3) is 0.450. The van der Waals surface area contributed by atoms with Gasteiger partial charge in [-0.05, 0) is 17.9 Å². The molecule has 2 aromatic rings. The van der Waals surface area contributed by atoms with Gasteiger partial charge < -0.3 is 10.6 Å². The minimum absolute atomic E-state index is 0.120. The number of benzene rings is 2. The highest BCUT2D eigenvalue weighted by Crippen LogP contribution is 2.33. The van der Waals surface area contributed by atoms with E-state index in [0.29, 0.717) is 6.42 Å². The first-order chi connectivity index (χ1) is 12.4. The molecule has 0 aliphatic heterocycles. The molecular weight excluding hydrogens is 391 g/mol. The number of carbonyl (C=O) groups excluding carboxylic acids is 1. The fourth-order valence-electron chi connectivity index (χ4n) is 2.83. The highest BCUT2D eigenvalue weighted by atomic mass is 35.6. The van der Waals surface area contributed by atoms with Crippen LogP contribution >= 0.6 is 34.8 Å². The molecule has 2 aromatic carbocycles. The van der Waals surface area contributed by atoms with Crippen LogP contribution in [0.4, 0.5) is 5.69 Å². The van der Waals surface area contributed by atoms with E-state index < -0.39 is 9.96 Å². The first kappa shape index (κ1) is 21.1. The molecule has 0 unspecified atom stereocenters. The third-order valence-electron chi connectivity index (χ3n) is 4.23. The maximum atomic E-state index is 12.3. The molecule has 0 aliphatic carbocycles. The molecule has 2 rings (SSSR count). The largest absolute Gasteiger partial charge is 0.361 e. The van der Waals surface area contributed by atoms with Crippen molar-refractivity contribution in [3.8, 4) is 0 Å². The second-order valence-electron chi connectivity index (χ2n) is 6.38. The molecule has 0 heterocycles. The van der Waals surface area contributed by atoms with Crippen molar-refractivity contribution in [2.45, 2.75) is 55.4 Å². The summed E-state index contributed by atoms with van der Waals surface area (Å²) in [5.74, 6) is -0.120. The molecule has 1 atom stereocenters. The second-order valence-corrected chi connectivity index (χ2v) is 8.75. The number of nitrogens with one attached hydrogen (secondary N) is 2. The Morgan fingerprint density at radius 1 is 1.00 bits per heavy atom. The Hall–Kier alpha value is -1.16. The van der Waals surface area contributed by atoms with Crippen LogP contribution < -0.4 is 10.6 Å². The molecule has 0 radical (unpaired) electrons. The average Bonchev–Trinajstić information content (AvgIpc) is 2.60. The van der Waals surface area contributed by atoms with Gasteiger partial charge in [0.2, 0.25) is 9.70 Å². The number of fused-ring (bicyclic) bond motifs is 1. The number of alkyl halides is 3. The number of unbranched alkanes of at least 4 members (excludes halogenated alkanes) is 4. The molecule has 6 heteroatoms. The standard InChI is InChI=1S/C20H25Cl3N2O/c1-2-3-4-5-6-14-18(26)25-19(20(21,22)23)24-17-13-9-11-15-10-7-8-12-16(15)17/h7-13,19,24H,2-6,14H2,1H3,(H,25,26)/t19-/m1/s1. The van der Waals surface area contributed by atoms with Gasteiger partial charge in [0.15, 0.2) is 0 Å². The highest BCUT2D eigenvalue weighted by molar-refractivity contribution is 6.68. The third-order valence-corrected chi connectivity index (χ3v) is 4.88. The Balaban J connectivity index is 2.02. The third kappa shape index (κ3) is 6.53. The minimum atomic E-state index is -1.67. The molecule has 142 valence electrons. The number of hydrogen-bond donors (Lipinski definition) is 2. The van der Waals surface area contributed by atoms with Crippen LogP contribution in [0.2, 0.25) is 0 Å². The zero-order valence-corrected chi connectivity index (χ0v) is 17.2.